The predicted octanol–water partition coefficient (Wildman–Crippen LogP) is 2.74. The molecular formula is C14H28N4O. The molecule has 19 heavy (non-hydrogen) atoms. The summed E-state index contributed by atoms with van der Waals surface area (Å²) in [6.07, 6.45) is 2.43. The van der Waals surface area contributed by atoms with Gasteiger partial charge in [-0.05, 0) is 32.6 Å². The minimum atomic E-state index is 0.314. The third-order valence-corrected chi connectivity index (χ3v) is 2.97. The fraction of sp³-hybridized carbons (Fsp3) is 0.786. The molecule has 0 unspecified atom stereocenters. The van der Waals surface area contributed by atoms with Crippen LogP contribution in [0.5, 0.6) is 0 Å². The molecule has 5 nitrogen and oxygen atoms in total. The number of nitrogens with two attached hydrogens (primary N) is 1. The van der Waals surface area contributed by atoms with Crippen LogP contribution in [0, 0.1) is 0 Å². The van der Waals surface area contributed by atoms with Crippen molar-refractivity contribution in [3.05, 3.63) is 5.69 Å². The molecule has 0 aliphatic rings. The van der Waals surface area contributed by atoms with Crippen LogP contribution in [-0.4, -0.2) is 29.0 Å². The third-order valence-electron chi connectivity index (χ3n) is 2.97. The number of ether oxygens (including phenoxy) is 1. The van der Waals surface area contributed by atoms with Crippen LogP contribution >= 0.6 is 0 Å². The SMILES string of the molecule is CC(C)OCCCCNc1c(N)c(C(C)C)nn1C. The van der Waals surface area contributed by atoms with E-state index in [4.69, 9.17) is 10.5 Å². The summed E-state index contributed by atoms with van der Waals surface area (Å²) in [6, 6.07) is 0. The Morgan fingerprint density at radius 1 is 1.26 bits per heavy atom. The molecule has 0 amide bonds. The van der Waals surface area contributed by atoms with Gasteiger partial charge in [0.05, 0.1) is 17.5 Å². The van der Waals surface area contributed by atoms with Crippen LogP contribution in [0.15, 0.2) is 0 Å². The van der Waals surface area contributed by atoms with Crippen molar-refractivity contribution in [1.29, 1.82) is 0 Å². The Bertz CT molecular complexity index is 385. The van der Waals surface area contributed by atoms with Gasteiger partial charge in [-0.3, -0.25) is 4.68 Å². The molecular weight excluding hydrogens is 240 g/mol. The molecule has 0 saturated heterocycles. The first kappa shape index (κ1) is 15.8. The van der Waals surface area contributed by atoms with Crippen LogP contribution in [0.2, 0.25) is 0 Å². The minimum absolute atomic E-state index is 0.314. The lowest BCUT2D eigenvalue weighted by molar-refractivity contribution is 0.0765. The lowest BCUT2D eigenvalue weighted by atomic mass is 10.1. The second-order valence-corrected chi connectivity index (χ2v) is 5.48. The molecule has 0 bridgehead atoms. The Hall–Kier alpha value is -1.23. The zero-order chi connectivity index (χ0) is 14.4. The molecule has 0 radical (unpaired) electrons. The highest BCUT2D eigenvalue weighted by atomic mass is 16.5. The summed E-state index contributed by atoms with van der Waals surface area (Å²) in [5.41, 5.74) is 7.86. The van der Waals surface area contributed by atoms with E-state index in [9.17, 15) is 0 Å². The van der Waals surface area contributed by atoms with Crippen LogP contribution in [0.25, 0.3) is 0 Å². The van der Waals surface area contributed by atoms with E-state index >= 15 is 0 Å². The maximum atomic E-state index is 6.12. The maximum absolute atomic E-state index is 6.12. The topological polar surface area (TPSA) is 65.1 Å². The summed E-state index contributed by atoms with van der Waals surface area (Å²) >= 11 is 0. The van der Waals surface area contributed by atoms with Crippen LogP contribution in [0.1, 0.15) is 52.1 Å². The lowest BCUT2D eigenvalue weighted by Crippen LogP contribution is -2.10. The standard InChI is InChI=1S/C14H28N4O/c1-10(2)13-12(15)14(18(5)17-13)16-8-6-7-9-19-11(3)4/h10-11,16H,6-9,15H2,1-5H3. The van der Waals surface area contributed by atoms with Gasteiger partial charge in [0.15, 0.2) is 0 Å². The number of anilines is 2. The van der Waals surface area contributed by atoms with Gasteiger partial charge in [0.25, 0.3) is 0 Å². The monoisotopic (exact) mass is 268 g/mol. The van der Waals surface area contributed by atoms with E-state index in [-0.39, 0.29) is 0 Å². The molecule has 1 rings (SSSR count). The second-order valence-electron chi connectivity index (χ2n) is 5.48. The zero-order valence-electron chi connectivity index (χ0n) is 12.9. The van der Waals surface area contributed by atoms with Gasteiger partial charge in [-0.2, -0.15) is 5.10 Å². The third kappa shape index (κ3) is 4.74. The maximum Gasteiger partial charge on any atom is 0.147 e. The summed E-state index contributed by atoms with van der Waals surface area (Å²) in [7, 11) is 1.92. The van der Waals surface area contributed by atoms with Gasteiger partial charge in [0.2, 0.25) is 0 Å². The van der Waals surface area contributed by atoms with Gasteiger partial charge in [-0.1, -0.05) is 13.8 Å². The Balaban J connectivity index is 2.37. The summed E-state index contributed by atoms with van der Waals surface area (Å²) in [5.74, 6) is 1.27. The van der Waals surface area contributed by atoms with E-state index in [0.29, 0.717) is 12.0 Å². The summed E-state index contributed by atoms with van der Waals surface area (Å²) in [5, 5.41) is 7.82. The first-order valence-corrected chi connectivity index (χ1v) is 7.11. The van der Waals surface area contributed by atoms with Gasteiger partial charge >= 0.3 is 0 Å². The van der Waals surface area contributed by atoms with E-state index in [0.717, 1.165) is 43.2 Å². The molecule has 0 spiro atoms. The van der Waals surface area contributed by atoms with Crippen molar-refractivity contribution in [2.75, 3.05) is 24.2 Å². The minimum Gasteiger partial charge on any atom is -0.394 e. The van der Waals surface area contributed by atoms with Crippen molar-refractivity contribution in [1.82, 2.24) is 9.78 Å². The zero-order valence-corrected chi connectivity index (χ0v) is 12.9. The van der Waals surface area contributed by atoms with Crippen molar-refractivity contribution < 1.29 is 4.74 Å². The number of rotatable bonds is 8. The smallest absolute Gasteiger partial charge is 0.147 e. The number of hydrogen-bond donors (Lipinski definition) is 2. The van der Waals surface area contributed by atoms with Crippen molar-refractivity contribution in [3.63, 3.8) is 0 Å². The van der Waals surface area contributed by atoms with Crippen molar-refractivity contribution in [2.45, 2.75) is 52.6 Å². The van der Waals surface area contributed by atoms with Crippen LogP contribution < -0.4 is 11.1 Å². The number of aromatic nitrogens is 2. The fourth-order valence-electron chi connectivity index (χ4n) is 1.95. The average Bonchev–Trinajstić information content (AvgIpc) is 2.60. The highest BCUT2D eigenvalue weighted by Crippen LogP contribution is 2.27. The van der Waals surface area contributed by atoms with Crippen LogP contribution in [-0.2, 0) is 11.8 Å². The summed E-state index contributed by atoms with van der Waals surface area (Å²) < 4.78 is 7.34. The number of aryl methyl sites for hydroxylation is 1. The molecule has 3 N–H and O–H groups in total. The molecule has 5 heteroatoms. The van der Waals surface area contributed by atoms with Crippen molar-refractivity contribution >= 4 is 11.5 Å². The first-order valence-electron chi connectivity index (χ1n) is 7.11. The van der Waals surface area contributed by atoms with E-state index in [2.05, 4.69) is 38.1 Å². The van der Waals surface area contributed by atoms with Gasteiger partial charge in [-0.15, -0.1) is 0 Å². The van der Waals surface area contributed by atoms with E-state index < -0.39 is 0 Å². The van der Waals surface area contributed by atoms with E-state index in [1.807, 2.05) is 11.7 Å². The number of nitrogens with zero attached hydrogens (tertiary/aromatic N) is 2. The van der Waals surface area contributed by atoms with Gasteiger partial charge in [0.1, 0.15) is 5.82 Å². The number of unbranched alkanes of at least 4 members (excludes halogenated alkanes) is 1. The highest BCUT2D eigenvalue weighted by molar-refractivity contribution is 5.65. The normalized spacial score (nSPS) is 11.5. The molecule has 110 valence electrons. The molecule has 0 aliphatic carbocycles. The summed E-state index contributed by atoms with van der Waals surface area (Å²) in [4.78, 5) is 0. The number of hydrogen-bond acceptors (Lipinski definition) is 4. The molecule has 1 aromatic heterocycles. The molecule has 0 aromatic carbocycles. The fourth-order valence-corrected chi connectivity index (χ4v) is 1.95. The molecule has 0 atom stereocenters. The molecule has 0 fully saturated rings. The Morgan fingerprint density at radius 3 is 2.47 bits per heavy atom. The largest absolute Gasteiger partial charge is 0.394 e. The lowest BCUT2D eigenvalue weighted by Gasteiger charge is -2.09. The predicted molar refractivity (Wildman–Crippen MR) is 80.5 cm³/mol. The second kappa shape index (κ2) is 7.38. The Morgan fingerprint density at radius 2 is 1.95 bits per heavy atom. The quantitative estimate of drug-likeness (QED) is 0.712. The van der Waals surface area contributed by atoms with E-state index in [1.165, 1.54) is 0 Å². The van der Waals surface area contributed by atoms with Crippen molar-refractivity contribution in [3.8, 4) is 0 Å². The average molecular weight is 268 g/mol. The van der Waals surface area contributed by atoms with Crippen LogP contribution in [0.4, 0.5) is 11.5 Å². The number of nitrogens with one attached hydrogen (secondary N) is 1. The first-order chi connectivity index (χ1) is 8.93. The molecule has 0 saturated carbocycles. The van der Waals surface area contributed by atoms with Crippen LogP contribution in [0.3, 0.4) is 0 Å². The van der Waals surface area contributed by atoms with Gasteiger partial charge in [-0.25, -0.2) is 0 Å². The van der Waals surface area contributed by atoms with E-state index in [1.54, 1.807) is 0 Å². The molecule has 1 aromatic rings. The summed E-state index contributed by atoms with van der Waals surface area (Å²) in [6.45, 7) is 10.0. The van der Waals surface area contributed by atoms with Gasteiger partial charge < -0.3 is 15.8 Å². The molecule has 0 aliphatic heterocycles. The Kier molecular flexibility index (Phi) is 6.15. The number of nitrogen functional groups attached to an aromatic ring is 1. The van der Waals surface area contributed by atoms with Gasteiger partial charge in [0, 0.05) is 20.2 Å². The highest BCUT2D eigenvalue weighted by Gasteiger charge is 2.15. The Labute approximate surface area is 116 Å². The van der Waals surface area contributed by atoms with Crippen molar-refractivity contribution in [2.24, 2.45) is 7.05 Å². The molecule has 1 heterocycles.